The lowest BCUT2D eigenvalue weighted by molar-refractivity contribution is -0.901. The summed E-state index contributed by atoms with van der Waals surface area (Å²) in [5.74, 6) is 0.728. The Morgan fingerprint density at radius 1 is 1.30 bits per heavy atom. The molecular formula is C16H21N2O2+. The maximum absolute atomic E-state index is 12.7. The van der Waals surface area contributed by atoms with Gasteiger partial charge in [0.15, 0.2) is 5.43 Å². The number of methoxy groups -OCH3 is 1. The number of rotatable bonds is 3. The number of hydrogen-bond acceptors (Lipinski definition) is 2. The molecule has 2 aromatic rings. The van der Waals surface area contributed by atoms with Gasteiger partial charge in [-0.1, -0.05) is 0 Å². The molecule has 0 radical (unpaired) electrons. The van der Waals surface area contributed by atoms with E-state index >= 15 is 0 Å². The summed E-state index contributed by atoms with van der Waals surface area (Å²) in [7, 11) is 1.62. The fraction of sp³-hybridized carbons (Fsp3) is 0.438. The fourth-order valence-corrected chi connectivity index (χ4v) is 3.07. The average Bonchev–Trinajstić information content (AvgIpc) is 2.96. The lowest BCUT2D eigenvalue weighted by Crippen LogP contribution is -3.08. The van der Waals surface area contributed by atoms with E-state index in [-0.39, 0.29) is 5.43 Å². The molecule has 0 unspecified atom stereocenters. The van der Waals surface area contributed by atoms with Crippen molar-refractivity contribution < 1.29 is 9.64 Å². The Morgan fingerprint density at radius 2 is 2.05 bits per heavy atom. The van der Waals surface area contributed by atoms with Crippen molar-refractivity contribution in [2.45, 2.75) is 26.3 Å². The first kappa shape index (κ1) is 13.2. The Morgan fingerprint density at radius 3 is 2.75 bits per heavy atom. The molecule has 1 aromatic carbocycles. The second-order valence-electron chi connectivity index (χ2n) is 5.60. The van der Waals surface area contributed by atoms with Crippen LogP contribution in [0.2, 0.25) is 0 Å². The van der Waals surface area contributed by atoms with Gasteiger partial charge in [0.05, 0.1) is 25.8 Å². The molecule has 1 aliphatic rings. The Hall–Kier alpha value is -1.81. The van der Waals surface area contributed by atoms with Crippen molar-refractivity contribution in [2.24, 2.45) is 0 Å². The Kier molecular flexibility index (Phi) is 3.49. The lowest BCUT2D eigenvalue weighted by Gasteiger charge is -2.14. The minimum atomic E-state index is 0.148. The second-order valence-corrected chi connectivity index (χ2v) is 5.60. The maximum atomic E-state index is 12.7. The number of aromatic nitrogens is 1. The van der Waals surface area contributed by atoms with Crippen molar-refractivity contribution in [2.75, 3.05) is 20.2 Å². The molecule has 0 saturated carbocycles. The van der Waals surface area contributed by atoms with Gasteiger partial charge in [-0.2, -0.15) is 0 Å². The highest BCUT2D eigenvalue weighted by molar-refractivity contribution is 5.81. The molecule has 2 heterocycles. The number of quaternary nitrogens is 1. The van der Waals surface area contributed by atoms with Gasteiger partial charge in [0.2, 0.25) is 0 Å². The first-order chi connectivity index (χ1) is 9.69. The van der Waals surface area contributed by atoms with Crippen LogP contribution in [0, 0.1) is 6.92 Å². The summed E-state index contributed by atoms with van der Waals surface area (Å²) in [6.45, 7) is 5.17. The zero-order valence-electron chi connectivity index (χ0n) is 12.1. The molecule has 0 bridgehead atoms. The van der Waals surface area contributed by atoms with Crippen molar-refractivity contribution in [3.05, 3.63) is 39.7 Å². The fourth-order valence-electron chi connectivity index (χ4n) is 3.07. The van der Waals surface area contributed by atoms with Crippen molar-refractivity contribution in [3.8, 4) is 5.75 Å². The number of fused-ring (bicyclic) bond motifs is 1. The molecule has 3 rings (SSSR count). The summed E-state index contributed by atoms with van der Waals surface area (Å²) in [6.07, 6.45) is 2.54. The molecule has 4 heteroatoms. The first-order valence-corrected chi connectivity index (χ1v) is 7.22. The standard InChI is InChI=1S/C16H20N2O2/c1-11-14(10-18-7-3-4-8-18)16(19)13-9-12(20-2)5-6-15(13)17-11/h5-6,9H,3-4,7-8,10H2,1-2H3,(H,17,19)/p+1. The molecule has 4 nitrogen and oxygen atoms in total. The average molecular weight is 273 g/mol. The summed E-state index contributed by atoms with van der Waals surface area (Å²) in [4.78, 5) is 17.6. The van der Waals surface area contributed by atoms with Crippen LogP contribution in [0.5, 0.6) is 5.75 Å². The van der Waals surface area contributed by atoms with Gasteiger partial charge in [-0.3, -0.25) is 4.79 Å². The van der Waals surface area contributed by atoms with Gasteiger partial charge in [-0.25, -0.2) is 0 Å². The number of likely N-dealkylation sites (tertiary alicyclic amines) is 1. The van der Waals surface area contributed by atoms with Crippen molar-refractivity contribution in [3.63, 3.8) is 0 Å². The molecule has 2 N–H and O–H groups in total. The van der Waals surface area contributed by atoms with Crippen molar-refractivity contribution >= 4 is 10.9 Å². The Balaban J connectivity index is 2.08. The lowest BCUT2D eigenvalue weighted by atomic mass is 10.1. The van der Waals surface area contributed by atoms with E-state index in [9.17, 15) is 4.79 Å². The van der Waals surface area contributed by atoms with Gasteiger partial charge < -0.3 is 14.6 Å². The van der Waals surface area contributed by atoms with E-state index < -0.39 is 0 Å². The predicted octanol–water partition coefficient (Wildman–Crippen LogP) is 1.02. The minimum Gasteiger partial charge on any atom is -0.497 e. The van der Waals surface area contributed by atoms with E-state index in [0.29, 0.717) is 0 Å². The van der Waals surface area contributed by atoms with Gasteiger partial charge in [0.1, 0.15) is 12.3 Å². The van der Waals surface area contributed by atoms with Crippen molar-refractivity contribution in [1.82, 2.24) is 4.98 Å². The SMILES string of the molecule is COc1ccc2[nH]c(C)c(C[NH+]3CCCC3)c(=O)c2c1. The van der Waals surface area contributed by atoms with Crippen LogP contribution >= 0.6 is 0 Å². The maximum Gasteiger partial charge on any atom is 0.198 e. The van der Waals surface area contributed by atoms with Crippen LogP contribution in [-0.2, 0) is 6.54 Å². The van der Waals surface area contributed by atoms with Gasteiger partial charge in [-0.15, -0.1) is 0 Å². The molecule has 1 aliphatic heterocycles. The van der Waals surface area contributed by atoms with E-state index in [1.807, 2.05) is 25.1 Å². The molecule has 1 fully saturated rings. The first-order valence-electron chi connectivity index (χ1n) is 7.22. The zero-order chi connectivity index (χ0) is 14.1. The molecule has 0 amide bonds. The van der Waals surface area contributed by atoms with Crippen molar-refractivity contribution in [1.29, 1.82) is 0 Å². The third-order valence-electron chi connectivity index (χ3n) is 4.26. The molecule has 20 heavy (non-hydrogen) atoms. The van der Waals surface area contributed by atoms with Crippen LogP contribution in [0.25, 0.3) is 10.9 Å². The largest absolute Gasteiger partial charge is 0.497 e. The van der Waals surface area contributed by atoms with Gasteiger partial charge in [0.25, 0.3) is 0 Å². The number of aromatic amines is 1. The number of nitrogens with one attached hydrogen (secondary N) is 2. The van der Waals surface area contributed by atoms with E-state index in [2.05, 4.69) is 4.98 Å². The van der Waals surface area contributed by atoms with E-state index in [4.69, 9.17) is 4.74 Å². The molecule has 0 spiro atoms. The molecule has 0 atom stereocenters. The van der Waals surface area contributed by atoms with Crippen LogP contribution in [0.4, 0.5) is 0 Å². The van der Waals surface area contributed by atoms with E-state index in [1.165, 1.54) is 30.8 Å². The smallest absolute Gasteiger partial charge is 0.198 e. The monoisotopic (exact) mass is 273 g/mol. The number of pyridine rings is 1. The predicted molar refractivity (Wildman–Crippen MR) is 79.5 cm³/mol. The minimum absolute atomic E-state index is 0.148. The highest BCUT2D eigenvalue weighted by atomic mass is 16.5. The molecule has 1 aromatic heterocycles. The second kappa shape index (κ2) is 5.29. The number of aryl methyl sites for hydroxylation is 1. The Labute approximate surface area is 118 Å². The highest BCUT2D eigenvalue weighted by Crippen LogP contribution is 2.18. The van der Waals surface area contributed by atoms with Crippen LogP contribution in [0.1, 0.15) is 24.1 Å². The Bertz CT molecular complexity index is 685. The van der Waals surface area contributed by atoms with Gasteiger partial charge >= 0.3 is 0 Å². The molecule has 0 aliphatic carbocycles. The van der Waals surface area contributed by atoms with E-state index in [0.717, 1.165) is 34.5 Å². The van der Waals surface area contributed by atoms with Crippen LogP contribution in [-0.4, -0.2) is 25.2 Å². The molecular weight excluding hydrogens is 252 g/mol. The van der Waals surface area contributed by atoms with Crippen LogP contribution in [0.3, 0.4) is 0 Å². The third-order valence-corrected chi connectivity index (χ3v) is 4.26. The quantitative estimate of drug-likeness (QED) is 0.877. The summed E-state index contributed by atoms with van der Waals surface area (Å²) in [5.41, 5.74) is 2.94. The summed E-state index contributed by atoms with van der Waals surface area (Å²) in [5, 5.41) is 0.726. The molecule has 1 saturated heterocycles. The normalized spacial score (nSPS) is 15.9. The summed E-state index contributed by atoms with van der Waals surface area (Å²) >= 11 is 0. The number of ether oxygens (including phenoxy) is 1. The van der Waals surface area contributed by atoms with Gasteiger partial charge in [0, 0.05) is 29.4 Å². The van der Waals surface area contributed by atoms with Crippen LogP contribution in [0.15, 0.2) is 23.0 Å². The summed E-state index contributed by atoms with van der Waals surface area (Å²) in [6, 6.07) is 5.62. The molecule has 106 valence electrons. The zero-order valence-corrected chi connectivity index (χ0v) is 12.1. The third kappa shape index (κ3) is 2.31. The number of H-pyrrole nitrogens is 1. The highest BCUT2D eigenvalue weighted by Gasteiger charge is 2.19. The number of hydrogen-bond donors (Lipinski definition) is 2. The van der Waals surface area contributed by atoms with Crippen LogP contribution < -0.4 is 15.1 Å². The summed E-state index contributed by atoms with van der Waals surface area (Å²) < 4.78 is 5.22. The number of benzene rings is 1. The topological polar surface area (TPSA) is 46.5 Å². The van der Waals surface area contributed by atoms with Gasteiger partial charge in [-0.05, 0) is 25.1 Å². The van der Waals surface area contributed by atoms with E-state index in [1.54, 1.807) is 7.11 Å².